The van der Waals surface area contributed by atoms with E-state index < -0.39 is 18.5 Å². The summed E-state index contributed by atoms with van der Waals surface area (Å²) in [5, 5.41) is 32.4. The molecule has 0 saturated heterocycles. The molecule has 4 heterocycles. The van der Waals surface area contributed by atoms with Crippen LogP contribution in [0.4, 0.5) is 13.2 Å². The standard InChI is InChI=1S/C22H18ClF3N10O2/c1-33-21(27-11-30-33)14-8-29-34(9-14)16(6-7-38-22(25)26)17-4-2-13(10-36(17)37)19-18(35-12-28-31-32-35)5-3-15(23)20(19)24/h2-5,8-12,16,22H,6-7H2,1H3. The van der Waals surface area contributed by atoms with E-state index in [1.54, 1.807) is 17.9 Å². The van der Waals surface area contributed by atoms with E-state index in [0.29, 0.717) is 16.1 Å². The summed E-state index contributed by atoms with van der Waals surface area (Å²) in [5.74, 6) is -0.245. The molecule has 0 bridgehead atoms. The first-order chi connectivity index (χ1) is 18.3. The largest absolute Gasteiger partial charge is 0.618 e. The van der Waals surface area contributed by atoms with Gasteiger partial charge in [-0.3, -0.25) is 4.68 Å². The quantitative estimate of drug-likeness (QED) is 0.204. The van der Waals surface area contributed by atoms with Gasteiger partial charge >= 0.3 is 6.61 Å². The van der Waals surface area contributed by atoms with Crippen LogP contribution in [0.15, 0.2) is 55.5 Å². The summed E-state index contributed by atoms with van der Waals surface area (Å²) in [5.41, 5.74) is 1.21. The number of hydrogen-bond donors (Lipinski definition) is 0. The number of aromatic nitrogens is 10. The topological polar surface area (TPSA) is 128 Å². The van der Waals surface area contributed by atoms with Crippen LogP contribution < -0.4 is 4.73 Å². The minimum absolute atomic E-state index is 0.00203. The summed E-state index contributed by atoms with van der Waals surface area (Å²) >= 11 is 6.02. The van der Waals surface area contributed by atoms with Crippen molar-refractivity contribution >= 4 is 11.6 Å². The van der Waals surface area contributed by atoms with E-state index in [0.717, 1.165) is 6.20 Å². The fraction of sp³-hybridized carbons (Fsp3) is 0.227. The molecule has 4 aromatic heterocycles. The molecule has 0 aliphatic rings. The van der Waals surface area contributed by atoms with Crippen LogP contribution in [0, 0.1) is 11.0 Å². The van der Waals surface area contributed by atoms with Gasteiger partial charge < -0.3 is 9.94 Å². The number of alkyl halides is 2. The molecular weight excluding hydrogens is 529 g/mol. The van der Waals surface area contributed by atoms with Gasteiger partial charge in [0.15, 0.2) is 17.8 Å². The van der Waals surface area contributed by atoms with Gasteiger partial charge in [0, 0.05) is 25.7 Å². The highest BCUT2D eigenvalue weighted by molar-refractivity contribution is 6.31. The highest BCUT2D eigenvalue weighted by atomic mass is 35.5. The molecule has 16 heteroatoms. The molecule has 0 aliphatic carbocycles. The van der Waals surface area contributed by atoms with Crippen LogP contribution in [0.2, 0.25) is 5.02 Å². The van der Waals surface area contributed by atoms with Gasteiger partial charge in [0.05, 0.1) is 40.2 Å². The van der Waals surface area contributed by atoms with Crippen molar-refractivity contribution < 1.29 is 22.6 Å². The van der Waals surface area contributed by atoms with Crippen LogP contribution in [0.3, 0.4) is 0 Å². The third kappa shape index (κ3) is 4.92. The van der Waals surface area contributed by atoms with Crippen LogP contribution in [0.1, 0.15) is 18.2 Å². The third-order valence-corrected chi connectivity index (χ3v) is 6.06. The van der Waals surface area contributed by atoms with E-state index >= 15 is 4.39 Å². The van der Waals surface area contributed by atoms with Crippen molar-refractivity contribution in [3.05, 3.63) is 77.3 Å². The zero-order chi connectivity index (χ0) is 26.8. The van der Waals surface area contributed by atoms with E-state index in [-0.39, 0.29) is 40.6 Å². The molecule has 5 rings (SSSR count). The van der Waals surface area contributed by atoms with Gasteiger partial charge in [0.1, 0.15) is 18.7 Å². The number of aryl methyl sites for hydroxylation is 1. The van der Waals surface area contributed by atoms with Crippen LogP contribution >= 0.6 is 11.6 Å². The molecule has 1 atom stereocenters. The van der Waals surface area contributed by atoms with Crippen LogP contribution in [-0.4, -0.2) is 58.0 Å². The molecule has 0 radical (unpaired) electrons. The molecule has 0 fully saturated rings. The normalized spacial score (nSPS) is 12.4. The molecular formula is C22H18ClF3N10O2. The maximum absolute atomic E-state index is 15.2. The van der Waals surface area contributed by atoms with E-state index in [4.69, 9.17) is 11.6 Å². The fourth-order valence-electron chi connectivity index (χ4n) is 4.04. The summed E-state index contributed by atoms with van der Waals surface area (Å²) in [6, 6.07) is 5.04. The summed E-state index contributed by atoms with van der Waals surface area (Å²) < 4.78 is 49.7. The lowest BCUT2D eigenvalue weighted by Crippen LogP contribution is -2.36. The van der Waals surface area contributed by atoms with Gasteiger partial charge in [-0.05, 0) is 28.6 Å². The van der Waals surface area contributed by atoms with Crippen LogP contribution in [-0.2, 0) is 11.8 Å². The van der Waals surface area contributed by atoms with Crippen molar-refractivity contribution in [2.24, 2.45) is 7.05 Å². The lowest BCUT2D eigenvalue weighted by atomic mass is 10.0. The lowest BCUT2D eigenvalue weighted by molar-refractivity contribution is -0.615. The van der Waals surface area contributed by atoms with Gasteiger partial charge in [-0.15, -0.1) is 5.10 Å². The number of rotatable bonds is 9. The predicted octanol–water partition coefficient (Wildman–Crippen LogP) is 2.97. The number of benzene rings is 1. The molecule has 38 heavy (non-hydrogen) atoms. The summed E-state index contributed by atoms with van der Waals surface area (Å²) in [7, 11) is 1.70. The molecule has 12 nitrogen and oxygen atoms in total. The average molecular weight is 547 g/mol. The average Bonchev–Trinajstić information content (AvgIpc) is 3.66. The Balaban J connectivity index is 1.55. The minimum Gasteiger partial charge on any atom is -0.618 e. The lowest BCUT2D eigenvalue weighted by Gasteiger charge is -2.18. The van der Waals surface area contributed by atoms with Crippen molar-refractivity contribution in [3.63, 3.8) is 0 Å². The Morgan fingerprint density at radius 3 is 2.68 bits per heavy atom. The zero-order valence-corrected chi connectivity index (χ0v) is 20.3. The number of hydrogen-bond acceptors (Lipinski definition) is 8. The van der Waals surface area contributed by atoms with Gasteiger partial charge in [0.2, 0.25) is 5.69 Å². The van der Waals surface area contributed by atoms with E-state index in [2.05, 4.69) is 35.4 Å². The number of nitrogens with zero attached hydrogens (tertiary/aromatic N) is 10. The van der Waals surface area contributed by atoms with E-state index in [9.17, 15) is 14.0 Å². The smallest absolute Gasteiger partial charge is 0.345 e. The molecule has 0 spiro atoms. The molecule has 0 aliphatic heterocycles. The van der Waals surface area contributed by atoms with Crippen molar-refractivity contribution in [2.45, 2.75) is 19.1 Å². The first-order valence-electron chi connectivity index (χ1n) is 11.1. The Hall–Kier alpha value is -4.37. The third-order valence-electron chi connectivity index (χ3n) is 5.77. The highest BCUT2D eigenvalue weighted by Gasteiger charge is 2.26. The number of halogens is 4. The first-order valence-corrected chi connectivity index (χ1v) is 11.4. The number of tetrazole rings is 1. The van der Waals surface area contributed by atoms with Crippen molar-refractivity contribution in [3.8, 4) is 28.2 Å². The Morgan fingerprint density at radius 1 is 1.16 bits per heavy atom. The molecule has 0 saturated carbocycles. The molecule has 0 N–H and O–H groups in total. The van der Waals surface area contributed by atoms with Gasteiger partial charge in [-0.25, -0.2) is 14.1 Å². The zero-order valence-electron chi connectivity index (χ0n) is 19.6. The van der Waals surface area contributed by atoms with Crippen molar-refractivity contribution in [2.75, 3.05) is 6.61 Å². The van der Waals surface area contributed by atoms with Gasteiger partial charge in [-0.1, -0.05) is 11.6 Å². The molecule has 5 aromatic rings. The second kappa shape index (κ2) is 10.5. The Bertz CT molecular complexity index is 1560. The maximum atomic E-state index is 15.2. The summed E-state index contributed by atoms with van der Waals surface area (Å²) in [4.78, 5) is 4.17. The first kappa shape index (κ1) is 25.3. The highest BCUT2D eigenvalue weighted by Crippen LogP contribution is 2.33. The summed E-state index contributed by atoms with van der Waals surface area (Å²) in [6.45, 7) is -3.32. The molecule has 1 unspecified atom stereocenters. The number of pyridine rings is 1. The summed E-state index contributed by atoms with van der Waals surface area (Å²) in [6.07, 6.45) is 6.95. The molecule has 0 amide bonds. The van der Waals surface area contributed by atoms with Crippen molar-refractivity contribution in [1.82, 2.24) is 44.8 Å². The fourth-order valence-corrected chi connectivity index (χ4v) is 4.20. The van der Waals surface area contributed by atoms with Gasteiger partial charge in [0.25, 0.3) is 0 Å². The Labute approximate surface area is 217 Å². The number of ether oxygens (including phenoxy) is 1. The second-order valence-corrected chi connectivity index (χ2v) is 8.44. The monoisotopic (exact) mass is 546 g/mol. The maximum Gasteiger partial charge on any atom is 0.345 e. The Kier molecular flexibility index (Phi) is 7.02. The molecule has 1 aromatic carbocycles. The van der Waals surface area contributed by atoms with E-state index in [1.165, 1.54) is 52.5 Å². The predicted molar refractivity (Wildman–Crippen MR) is 125 cm³/mol. The van der Waals surface area contributed by atoms with Gasteiger partial charge in [-0.2, -0.15) is 28.4 Å². The molecule has 196 valence electrons. The van der Waals surface area contributed by atoms with Crippen LogP contribution in [0.5, 0.6) is 0 Å². The van der Waals surface area contributed by atoms with Crippen LogP contribution in [0.25, 0.3) is 28.2 Å². The minimum atomic E-state index is -2.97. The van der Waals surface area contributed by atoms with Crippen molar-refractivity contribution in [1.29, 1.82) is 0 Å². The Morgan fingerprint density at radius 2 is 2.00 bits per heavy atom. The second-order valence-electron chi connectivity index (χ2n) is 8.03. The SMILES string of the molecule is Cn1ncnc1-c1cnn(C(CCOC(F)F)c2ccc(-c3c(-n4cnnn4)ccc(Cl)c3F)c[n+]2[O-])c1. The van der Waals surface area contributed by atoms with E-state index in [1.807, 2.05) is 0 Å².